The molecule has 2 aromatic rings. The summed E-state index contributed by atoms with van der Waals surface area (Å²) in [5.41, 5.74) is 2.01. The zero-order chi connectivity index (χ0) is 17.9. The van der Waals surface area contributed by atoms with Crippen molar-refractivity contribution in [2.24, 2.45) is 13.0 Å². The zero-order valence-corrected chi connectivity index (χ0v) is 16.0. The minimum Gasteiger partial charge on any atom is -0.493 e. The zero-order valence-electron chi connectivity index (χ0n) is 16.0. The van der Waals surface area contributed by atoms with E-state index in [0.29, 0.717) is 6.61 Å². The highest BCUT2D eigenvalue weighted by molar-refractivity contribution is 5.82. The minimum absolute atomic E-state index is 0.706. The van der Waals surface area contributed by atoms with Gasteiger partial charge in [-0.15, -0.1) is 0 Å². The highest BCUT2D eigenvalue weighted by Gasteiger charge is 2.22. The third-order valence-electron chi connectivity index (χ3n) is 5.49. The lowest BCUT2D eigenvalue weighted by atomic mass is 10.2. The summed E-state index contributed by atoms with van der Waals surface area (Å²) in [5.74, 6) is 3.29. The maximum atomic E-state index is 6.03. The van der Waals surface area contributed by atoms with Gasteiger partial charge in [-0.2, -0.15) is 0 Å². The Labute approximate surface area is 155 Å². The van der Waals surface area contributed by atoms with Crippen LogP contribution in [0.3, 0.4) is 0 Å². The minimum atomic E-state index is 0.706. The second-order valence-corrected chi connectivity index (χ2v) is 7.56. The molecule has 0 amide bonds. The molecule has 6 nitrogen and oxygen atoms in total. The van der Waals surface area contributed by atoms with Crippen LogP contribution in [0.15, 0.2) is 12.1 Å². The summed E-state index contributed by atoms with van der Waals surface area (Å²) in [5, 5.41) is 3.47. The number of hydrogen-bond donors (Lipinski definition) is 1. The number of imidazole rings is 1. The molecule has 1 aromatic carbocycles. The molecule has 0 radical (unpaired) electrons. The SMILES string of the molecule is COc1cc2c(cc1OCCCN1CCCC1)nc(NCC1CC1)n2C. The topological polar surface area (TPSA) is 51.6 Å². The number of rotatable bonds is 9. The fourth-order valence-corrected chi connectivity index (χ4v) is 3.66. The summed E-state index contributed by atoms with van der Waals surface area (Å²) in [6.45, 7) is 5.30. The molecule has 6 heteroatoms. The Hall–Kier alpha value is -1.95. The van der Waals surface area contributed by atoms with Crippen LogP contribution in [0.2, 0.25) is 0 Å². The molecule has 0 atom stereocenters. The average molecular weight is 358 g/mol. The van der Waals surface area contributed by atoms with Crippen LogP contribution in [-0.4, -0.2) is 54.3 Å². The van der Waals surface area contributed by atoms with Crippen molar-refractivity contribution in [1.82, 2.24) is 14.5 Å². The molecule has 4 rings (SSSR count). The maximum absolute atomic E-state index is 6.03. The van der Waals surface area contributed by atoms with Gasteiger partial charge in [-0.25, -0.2) is 4.98 Å². The lowest BCUT2D eigenvalue weighted by Crippen LogP contribution is -2.21. The average Bonchev–Trinajstić information content (AvgIpc) is 3.24. The van der Waals surface area contributed by atoms with Crippen LogP contribution in [0.4, 0.5) is 5.95 Å². The van der Waals surface area contributed by atoms with Gasteiger partial charge in [0.1, 0.15) is 0 Å². The van der Waals surface area contributed by atoms with Gasteiger partial charge in [0.25, 0.3) is 0 Å². The van der Waals surface area contributed by atoms with Gasteiger partial charge in [0, 0.05) is 32.3 Å². The molecular weight excluding hydrogens is 328 g/mol. The highest BCUT2D eigenvalue weighted by Crippen LogP contribution is 2.34. The van der Waals surface area contributed by atoms with E-state index in [-0.39, 0.29) is 0 Å². The van der Waals surface area contributed by atoms with E-state index < -0.39 is 0 Å². The first-order valence-electron chi connectivity index (χ1n) is 9.88. The highest BCUT2D eigenvalue weighted by atomic mass is 16.5. The van der Waals surface area contributed by atoms with E-state index in [2.05, 4.69) is 14.8 Å². The predicted octanol–water partition coefficient (Wildman–Crippen LogP) is 3.27. The molecule has 2 heterocycles. The van der Waals surface area contributed by atoms with E-state index in [0.717, 1.165) is 53.9 Å². The molecule has 2 aliphatic rings. The molecular formula is C20H30N4O2. The number of nitrogens with zero attached hydrogens (tertiary/aromatic N) is 3. The van der Waals surface area contributed by atoms with Gasteiger partial charge in [0.2, 0.25) is 5.95 Å². The van der Waals surface area contributed by atoms with Gasteiger partial charge in [0.15, 0.2) is 11.5 Å². The summed E-state index contributed by atoms with van der Waals surface area (Å²) in [7, 11) is 3.74. The van der Waals surface area contributed by atoms with Gasteiger partial charge in [0.05, 0.1) is 24.8 Å². The number of likely N-dealkylation sites (tertiary alicyclic amines) is 1. The van der Waals surface area contributed by atoms with Crippen molar-refractivity contribution in [1.29, 1.82) is 0 Å². The lowest BCUT2D eigenvalue weighted by molar-refractivity contribution is 0.254. The second kappa shape index (κ2) is 7.74. The van der Waals surface area contributed by atoms with Crippen molar-refractivity contribution in [3.05, 3.63) is 12.1 Å². The Morgan fingerprint density at radius 1 is 1.19 bits per heavy atom. The molecule has 1 saturated heterocycles. The number of nitrogens with one attached hydrogen (secondary N) is 1. The van der Waals surface area contributed by atoms with Crippen LogP contribution in [0.25, 0.3) is 11.0 Å². The maximum Gasteiger partial charge on any atom is 0.203 e. The first kappa shape index (κ1) is 17.5. The third kappa shape index (κ3) is 3.90. The molecule has 1 N–H and O–H groups in total. The van der Waals surface area contributed by atoms with Gasteiger partial charge >= 0.3 is 0 Å². The van der Waals surface area contributed by atoms with Crippen LogP contribution in [0.5, 0.6) is 11.5 Å². The van der Waals surface area contributed by atoms with Crippen molar-refractivity contribution in [3.63, 3.8) is 0 Å². The number of hydrogen-bond acceptors (Lipinski definition) is 5. The summed E-state index contributed by atoms with van der Waals surface area (Å²) >= 11 is 0. The molecule has 142 valence electrons. The number of fused-ring (bicyclic) bond motifs is 1. The Bertz CT molecular complexity index is 748. The van der Waals surface area contributed by atoms with Crippen molar-refractivity contribution in [3.8, 4) is 11.5 Å². The Kier molecular flexibility index (Phi) is 5.20. The van der Waals surface area contributed by atoms with Crippen LogP contribution in [0.1, 0.15) is 32.1 Å². The van der Waals surface area contributed by atoms with Crippen LogP contribution in [0, 0.1) is 5.92 Å². The molecule has 0 bridgehead atoms. The fourth-order valence-electron chi connectivity index (χ4n) is 3.66. The summed E-state index contributed by atoms with van der Waals surface area (Å²) in [6.07, 6.45) is 6.38. The Balaban J connectivity index is 1.42. The summed E-state index contributed by atoms with van der Waals surface area (Å²) < 4.78 is 13.7. The van der Waals surface area contributed by atoms with E-state index >= 15 is 0 Å². The van der Waals surface area contributed by atoms with E-state index in [4.69, 9.17) is 14.5 Å². The molecule has 1 saturated carbocycles. The predicted molar refractivity (Wildman–Crippen MR) is 104 cm³/mol. The van der Waals surface area contributed by atoms with E-state index in [1.54, 1.807) is 7.11 Å². The van der Waals surface area contributed by atoms with E-state index in [9.17, 15) is 0 Å². The molecule has 1 aliphatic heterocycles. The van der Waals surface area contributed by atoms with Crippen molar-refractivity contribution < 1.29 is 9.47 Å². The molecule has 0 spiro atoms. The Morgan fingerprint density at radius 3 is 2.73 bits per heavy atom. The van der Waals surface area contributed by atoms with E-state index in [1.807, 2.05) is 19.2 Å². The number of benzene rings is 1. The number of anilines is 1. The first-order chi connectivity index (χ1) is 12.7. The largest absolute Gasteiger partial charge is 0.493 e. The standard InChI is InChI=1S/C20H30N4O2/c1-23-17-13-18(25-2)19(26-11-5-10-24-8-3-4-9-24)12-16(17)22-20(23)21-14-15-6-7-15/h12-13,15H,3-11,14H2,1-2H3,(H,21,22). The number of methoxy groups -OCH3 is 1. The van der Waals surface area contributed by atoms with Crippen molar-refractivity contribution >= 4 is 17.0 Å². The quantitative estimate of drug-likeness (QED) is 0.697. The monoisotopic (exact) mass is 358 g/mol. The van der Waals surface area contributed by atoms with Gasteiger partial charge in [-0.05, 0) is 51.1 Å². The molecule has 26 heavy (non-hydrogen) atoms. The third-order valence-corrected chi connectivity index (χ3v) is 5.49. The molecule has 1 aliphatic carbocycles. The second-order valence-electron chi connectivity index (χ2n) is 7.56. The molecule has 0 unspecified atom stereocenters. The number of ether oxygens (including phenoxy) is 2. The fraction of sp³-hybridized carbons (Fsp3) is 0.650. The molecule has 1 aromatic heterocycles. The first-order valence-corrected chi connectivity index (χ1v) is 9.88. The number of aryl methyl sites for hydroxylation is 1. The van der Waals surface area contributed by atoms with Crippen molar-refractivity contribution in [2.45, 2.75) is 32.1 Å². The van der Waals surface area contributed by atoms with Crippen LogP contribution in [-0.2, 0) is 7.05 Å². The van der Waals surface area contributed by atoms with E-state index in [1.165, 1.54) is 38.8 Å². The number of aromatic nitrogens is 2. The van der Waals surface area contributed by atoms with Crippen LogP contribution >= 0.6 is 0 Å². The smallest absolute Gasteiger partial charge is 0.203 e. The van der Waals surface area contributed by atoms with Crippen molar-refractivity contribution in [2.75, 3.05) is 45.2 Å². The lowest BCUT2D eigenvalue weighted by Gasteiger charge is -2.15. The Morgan fingerprint density at radius 2 is 2.00 bits per heavy atom. The van der Waals surface area contributed by atoms with Gasteiger partial charge in [-0.3, -0.25) is 0 Å². The normalized spacial score (nSPS) is 17.8. The van der Waals surface area contributed by atoms with Gasteiger partial charge in [-0.1, -0.05) is 0 Å². The van der Waals surface area contributed by atoms with Crippen LogP contribution < -0.4 is 14.8 Å². The summed E-state index contributed by atoms with van der Waals surface area (Å²) in [4.78, 5) is 7.26. The molecule has 2 fully saturated rings. The van der Waals surface area contributed by atoms with Gasteiger partial charge < -0.3 is 24.3 Å². The summed E-state index contributed by atoms with van der Waals surface area (Å²) in [6, 6.07) is 4.03.